The van der Waals surface area contributed by atoms with Gasteiger partial charge in [-0.15, -0.1) is 0 Å². The summed E-state index contributed by atoms with van der Waals surface area (Å²) in [5, 5.41) is 7.86. The molecule has 0 spiro atoms. The molecule has 0 aliphatic carbocycles. The molecule has 3 aromatic heterocycles. The highest BCUT2D eigenvalue weighted by Crippen LogP contribution is 2.38. The van der Waals surface area contributed by atoms with Crippen molar-refractivity contribution < 1.29 is 0 Å². The van der Waals surface area contributed by atoms with E-state index in [9.17, 15) is 0 Å². The molecule has 3 heterocycles. The van der Waals surface area contributed by atoms with Crippen molar-refractivity contribution in [2.75, 3.05) is 0 Å². The SMILES string of the molecule is c1ccc(-c2nc(-c3ccccc3)nc(-c3ccc4cc5cc(-c6ccc7ccc8c(-c9ccccc9)c9ccccc9nc8c7n6)ccc5cc4c3)n2)cc1. The molecule has 8 aromatic carbocycles. The highest BCUT2D eigenvalue weighted by Gasteiger charge is 2.16. The largest absolute Gasteiger partial charge is 0.245 e. The number of aromatic nitrogens is 5. The van der Waals surface area contributed by atoms with E-state index in [1.165, 1.54) is 11.1 Å². The quantitative estimate of drug-likeness (QED) is 0.131. The molecule has 11 rings (SSSR count). The minimum absolute atomic E-state index is 0.642. The van der Waals surface area contributed by atoms with Gasteiger partial charge in [0.05, 0.1) is 22.2 Å². The third kappa shape index (κ3) is 5.53. The van der Waals surface area contributed by atoms with Crippen LogP contribution in [-0.4, -0.2) is 24.9 Å². The minimum Gasteiger partial charge on any atom is -0.245 e. The maximum Gasteiger partial charge on any atom is 0.164 e. The Labute approximate surface area is 322 Å². The van der Waals surface area contributed by atoms with Gasteiger partial charge in [0.15, 0.2) is 17.5 Å². The van der Waals surface area contributed by atoms with Crippen molar-refractivity contribution in [3.63, 3.8) is 0 Å². The monoisotopic (exact) mass is 713 g/mol. The van der Waals surface area contributed by atoms with E-state index in [1.807, 2.05) is 60.7 Å². The predicted octanol–water partition coefficient (Wildman–Crippen LogP) is 12.8. The van der Waals surface area contributed by atoms with Crippen molar-refractivity contribution in [2.24, 2.45) is 0 Å². The Morgan fingerprint density at radius 1 is 0.268 bits per heavy atom. The number of para-hydroxylation sites is 1. The summed E-state index contributed by atoms with van der Waals surface area (Å²) in [4.78, 5) is 25.3. The normalized spacial score (nSPS) is 11.6. The molecule has 0 fully saturated rings. The van der Waals surface area contributed by atoms with E-state index in [-0.39, 0.29) is 0 Å². The second kappa shape index (κ2) is 13.0. The van der Waals surface area contributed by atoms with E-state index in [2.05, 4.69) is 127 Å². The van der Waals surface area contributed by atoms with Crippen LogP contribution >= 0.6 is 0 Å². The van der Waals surface area contributed by atoms with Gasteiger partial charge in [-0.05, 0) is 63.5 Å². The molecule has 0 aliphatic rings. The molecular weight excluding hydrogens is 683 g/mol. The second-order valence-electron chi connectivity index (χ2n) is 14.1. The average molecular weight is 714 g/mol. The number of hydrogen-bond acceptors (Lipinski definition) is 5. The number of nitrogens with zero attached hydrogens (tertiary/aromatic N) is 5. The van der Waals surface area contributed by atoms with Crippen LogP contribution in [0.2, 0.25) is 0 Å². The van der Waals surface area contributed by atoms with Crippen LogP contribution in [0.15, 0.2) is 188 Å². The third-order valence-electron chi connectivity index (χ3n) is 10.6. The molecule has 0 unspecified atom stereocenters. The molecule has 0 saturated carbocycles. The van der Waals surface area contributed by atoms with E-state index in [1.54, 1.807) is 0 Å². The summed E-state index contributed by atoms with van der Waals surface area (Å²) < 4.78 is 0. The van der Waals surface area contributed by atoms with E-state index in [0.29, 0.717) is 17.5 Å². The van der Waals surface area contributed by atoms with Gasteiger partial charge >= 0.3 is 0 Å². The lowest BCUT2D eigenvalue weighted by Crippen LogP contribution is -2.00. The summed E-state index contributed by atoms with van der Waals surface area (Å²) in [6.07, 6.45) is 0. The van der Waals surface area contributed by atoms with Gasteiger partial charge in [0, 0.05) is 44.0 Å². The topological polar surface area (TPSA) is 64.5 Å². The zero-order chi connectivity index (χ0) is 37.0. The molecule has 0 aliphatic heterocycles. The van der Waals surface area contributed by atoms with Gasteiger partial charge in [-0.25, -0.2) is 24.9 Å². The van der Waals surface area contributed by atoms with Gasteiger partial charge in [-0.1, -0.05) is 152 Å². The zero-order valence-corrected chi connectivity index (χ0v) is 30.1. The number of pyridine rings is 2. The first-order chi connectivity index (χ1) is 27.7. The van der Waals surface area contributed by atoms with Crippen molar-refractivity contribution in [3.05, 3.63) is 188 Å². The molecular formula is C51H31N5. The Hall–Kier alpha value is -7.63. The molecule has 5 nitrogen and oxygen atoms in total. The number of hydrogen-bond donors (Lipinski definition) is 0. The highest BCUT2D eigenvalue weighted by atomic mass is 15.0. The summed E-state index contributed by atoms with van der Waals surface area (Å²) >= 11 is 0. The van der Waals surface area contributed by atoms with Crippen molar-refractivity contribution in [2.45, 2.75) is 0 Å². The third-order valence-corrected chi connectivity index (χ3v) is 10.6. The summed E-state index contributed by atoms with van der Waals surface area (Å²) in [6, 6.07) is 65.3. The minimum atomic E-state index is 0.642. The van der Waals surface area contributed by atoms with Crippen LogP contribution in [0.4, 0.5) is 0 Å². The van der Waals surface area contributed by atoms with Crippen LogP contribution in [-0.2, 0) is 0 Å². The molecule has 0 radical (unpaired) electrons. The molecule has 0 bridgehead atoms. The fourth-order valence-corrected chi connectivity index (χ4v) is 7.85. The molecule has 56 heavy (non-hydrogen) atoms. The first kappa shape index (κ1) is 31.9. The summed E-state index contributed by atoms with van der Waals surface area (Å²) in [5.41, 5.74) is 9.94. The Balaban J connectivity index is 1.01. The number of rotatable bonds is 5. The molecule has 0 atom stereocenters. The number of fused-ring (bicyclic) bond motifs is 6. The van der Waals surface area contributed by atoms with Gasteiger partial charge < -0.3 is 0 Å². The van der Waals surface area contributed by atoms with Crippen LogP contribution < -0.4 is 0 Å². The Morgan fingerprint density at radius 3 is 1.45 bits per heavy atom. The van der Waals surface area contributed by atoms with Gasteiger partial charge in [0.25, 0.3) is 0 Å². The van der Waals surface area contributed by atoms with Crippen molar-refractivity contribution in [3.8, 4) is 56.5 Å². The first-order valence-electron chi connectivity index (χ1n) is 18.7. The van der Waals surface area contributed by atoms with Crippen molar-refractivity contribution in [1.82, 2.24) is 24.9 Å². The van der Waals surface area contributed by atoms with Gasteiger partial charge in [0.2, 0.25) is 0 Å². The van der Waals surface area contributed by atoms with Crippen molar-refractivity contribution in [1.29, 1.82) is 0 Å². The van der Waals surface area contributed by atoms with Crippen LogP contribution in [0, 0.1) is 0 Å². The lowest BCUT2D eigenvalue weighted by atomic mass is 9.95. The van der Waals surface area contributed by atoms with Gasteiger partial charge in [-0.3, -0.25) is 0 Å². The van der Waals surface area contributed by atoms with Crippen molar-refractivity contribution >= 4 is 54.3 Å². The first-order valence-corrected chi connectivity index (χ1v) is 18.7. The highest BCUT2D eigenvalue weighted by molar-refractivity contribution is 6.16. The average Bonchev–Trinajstić information content (AvgIpc) is 3.27. The molecule has 0 amide bonds. The van der Waals surface area contributed by atoms with E-state index in [0.717, 1.165) is 82.2 Å². The lowest BCUT2D eigenvalue weighted by molar-refractivity contribution is 1.07. The summed E-state index contributed by atoms with van der Waals surface area (Å²) in [5.74, 6) is 1.94. The fraction of sp³-hybridized carbons (Fsp3) is 0. The van der Waals surface area contributed by atoms with Crippen LogP contribution in [0.25, 0.3) is 111 Å². The van der Waals surface area contributed by atoms with E-state index in [4.69, 9.17) is 24.9 Å². The smallest absolute Gasteiger partial charge is 0.164 e. The maximum atomic E-state index is 5.31. The molecule has 260 valence electrons. The summed E-state index contributed by atoms with van der Waals surface area (Å²) in [7, 11) is 0. The Kier molecular flexibility index (Phi) is 7.42. The Morgan fingerprint density at radius 2 is 0.786 bits per heavy atom. The Bertz CT molecular complexity index is 3230. The van der Waals surface area contributed by atoms with Gasteiger partial charge in [0.1, 0.15) is 0 Å². The molecule has 0 N–H and O–H groups in total. The maximum absolute atomic E-state index is 5.31. The lowest BCUT2D eigenvalue weighted by Gasteiger charge is -2.13. The van der Waals surface area contributed by atoms with Gasteiger partial charge in [-0.2, -0.15) is 0 Å². The zero-order valence-electron chi connectivity index (χ0n) is 30.1. The number of benzene rings is 8. The standard InChI is InChI=1S/C51H31N5/c1-4-12-32(13-5-1)46-42-18-10-11-19-45(42)53-48-43(46)26-24-33-25-27-44(52-47(33)48)38-22-20-36-29-41-31-39(23-21-37(41)28-40(36)30-38)51-55-49(34-14-6-2-7-15-34)54-50(56-51)35-16-8-3-9-17-35/h1-31H. The van der Waals surface area contributed by atoms with E-state index < -0.39 is 0 Å². The molecule has 11 aromatic rings. The summed E-state index contributed by atoms with van der Waals surface area (Å²) in [6.45, 7) is 0. The van der Waals surface area contributed by atoms with Crippen LogP contribution in [0.3, 0.4) is 0 Å². The second-order valence-corrected chi connectivity index (χ2v) is 14.1. The van der Waals surface area contributed by atoms with E-state index >= 15 is 0 Å². The molecule has 5 heteroatoms. The predicted molar refractivity (Wildman–Crippen MR) is 230 cm³/mol. The fourth-order valence-electron chi connectivity index (χ4n) is 7.85. The van der Waals surface area contributed by atoms with Crippen LogP contribution in [0.1, 0.15) is 0 Å². The molecule has 0 saturated heterocycles. The van der Waals surface area contributed by atoms with Crippen LogP contribution in [0.5, 0.6) is 0 Å².